The van der Waals surface area contributed by atoms with E-state index in [2.05, 4.69) is 83.4 Å². The Balaban J connectivity index is 1.71. The van der Waals surface area contributed by atoms with Crippen LogP contribution in [0.25, 0.3) is 22.2 Å². The maximum absolute atomic E-state index is 11.2. The lowest BCUT2D eigenvalue weighted by Crippen LogP contribution is -2.37. The highest BCUT2D eigenvalue weighted by Crippen LogP contribution is 2.44. The molecule has 6 aromatic rings. The van der Waals surface area contributed by atoms with Gasteiger partial charge in [-0.15, -0.1) is 0 Å². The molecule has 1 aromatic heterocycles. The van der Waals surface area contributed by atoms with Crippen molar-refractivity contribution in [3.05, 3.63) is 156 Å². The van der Waals surface area contributed by atoms with Crippen molar-refractivity contribution < 1.29 is 9.53 Å². The van der Waals surface area contributed by atoms with E-state index < -0.39 is 5.54 Å². The second-order valence-corrected chi connectivity index (χ2v) is 9.20. The summed E-state index contributed by atoms with van der Waals surface area (Å²) in [5.74, 6) is 0.728. The zero-order valence-corrected chi connectivity index (χ0v) is 21.0. The first kappa shape index (κ1) is 23.4. The first-order valence-electron chi connectivity index (χ1n) is 12.5. The number of benzene rings is 5. The molecule has 6 rings (SSSR count). The maximum atomic E-state index is 11.2. The SMILES string of the molecule is COc1cc2ncn(C(c3ccccc3)(c3ccccc3)c3ccccc3)c2cc1-c1ccc(C=O)cc1. The molecule has 4 nitrogen and oxygen atoms in total. The molecular formula is C34H26N2O2. The minimum atomic E-state index is -0.675. The zero-order chi connectivity index (χ0) is 26.0. The molecule has 0 radical (unpaired) electrons. The van der Waals surface area contributed by atoms with E-state index in [-0.39, 0.29) is 0 Å². The van der Waals surface area contributed by atoms with Crippen molar-refractivity contribution in [2.45, 2.75) is 5.54 Å². The van der Waals surface area contributed by atoms with Gasteiger partial charge in [0.05, 0.1) is 24.5 Å². The Labute approximate surface area is 221 Å². The van der Waals surface area contributed by atoms with Crippen molar-refractivity contribution in [1.82, 2.24) is 9.55 Å². The van der Waals surface area contributed by atoms with Crippen molar-refractivity contribution in [1.29, 1.82) is 0 Å². The first-order valence-corrected chi connectivity index (χ1v) is 12.5. The lowest BCUT2D eigenvalue weighted by atomic mass is 9.76. The third kappa shape index (κ3) is 3.78. The number of aromatic nitrogens is 2. The average Bonchev–Trinajstić information content (AvgIpc) is 3.42. The molecule has 0 fully saturated rings. The van der Waals surface area contributed by atoms with Gasteiger partial charge < -0.3 is 9.30 Å². The lowest BCUT2D eigenvalue weighted by Gasteiger charge is -2.38. The van der Waals surface area contributed by atoms with E-state index in [0.717, 1.165) is 50.9 Å². The van der Waals surface area contributed by atoms with Gasteiger partial charge in [-0.2, -0.15) is 0 Å². The number of hydrogen-bond acceptors (Lipinski definition) is 3. The number of rotatable bonds is 7. The van der Waals surface area contributed by atoms with Crippen LogP contribution >= 0.6 is 0 Å². The van der Waals surface area contributed by atoms with E-state index in [1.54, 1.807) is 7.11 Å². The van der Waals surface area contributed by atoms with E-state index in [0.29, 0.717) is 5.56 Å². The molecule has 0 unspecified atom stereocenters. The van der Waals surface area contributed by atoms with E-state index in [9.17, 15) is 4.79 Å². The summed E-state index contributed by atoms with van der Waals surface area (Å²) >= 11 is 0. The Morgan fingerprint density at radius 1 is 0.711 bits per heavy atom. The van der Waals surface area contributed by atoms with Crippen molar-refractivity contribution in [2.24, 2.45) is 0 Å². The van der Waals surface area contributed by atoms with E-state index in [4.69, 9.17) is 9.72 Å². The number of imidazole rings is 1. The third-order valence-electron chi connectivity index (χ3n) is 7.16. The number of aldehydes is 1. The highest BCUT2D eigenvalue weighted by atomic mass is 16.5. The minimum Gasteiger partial charge on any atom is -0.496 e. The number of carbonyl (C=O) groups is 1. The highest BCUT2D eigenvalue weighted by molar-refractivity contribution is 5.88. The molecule has 1 heterocycles. The van der Waals surface area contributed by atoms with Crippen molar-refractivity contribution in [2.75, 3.05) is 7.11 Å². The van der Waals surface area contributed by atoms with Crippen LogP contribution in [0.15, 0.2) is 134 Å². The fourth-order valence-corrected chi connectivity index (χ4v) is 5.39. The second-order valence-electron chi connectivity index (χ2n) is 9.20. The molecule has 0 bridgehead atoms. The van der Waals surface area contributed by atoms with Crippen LogP contribution in [0.1, 0.15) is 27.0 Å². The standard InChI is InChI=1S/C34H26N2O2/c1-38-33-22-31-32(21-30(33)26-19-17-25(23-37)18-20-26)36(24-35-31)34(27-11-5-2-6-12-27,28-13-7-3-8-14-28)29-15-9-4-10-16-29/h2-24H,1H3. The molecule has 0 aliphatic heterocycles. The molecule has 5 aromatic carbocycles. The molecule has 0 saturated heterocycles. The largest absolute Gasteiger partial charge is 0.496 e. The Bertz CT molecular complexity index is 1590. The van der Waals surface area contributed by atoms with Crippen LogP contribution in [0.4, 0.5) is 0 Å². The van der Waals surface area contributed by atoms with Gasteiger partial charge in [0.15, 0.2) is 0 Å². The first-order chi connectivity index (χ1) is 18.8. The van der Waals surface area contributed by atoms with Crippen LogP contribution in [-0.4, -0.2) is 22.9 Å². The maximum Gasteiger partial charge on any atom is 0.150 e. The van der Waals surface area contributed by atoms with Crippen molar-refractivity contribution in [3.63, 3.8) is 0 Å². The third-order valence-corrected chi connectivity index (χ3v) is 7.16. The van der Waals surface area contributed by atoms with Gasteiger partial charge in [-0.25, -0.2) is 4.98 Å². The second kappa shape index (κ2) is 9.83. The van der Waals surface area contributed by atoms with Gasteiger partial charge >= 0.3 is 0 Å². The Hall–Kier alpha value is -4.96. The minimum absolute atomic E-state index is 0.634. The van der Waals surface area contributed by atoms with Crippen molar-refractivity contribution >= 4 is 17.3 Å². The molecular weight excluding hydrogens is 468 g/mol. The molecule has 0 saturated carbocycles. The topological polar surface area (TPSA) is 44.1 Å². The smallest absolute Gasteiger partial charge is 0.150 e. The number of hydrogen-bond donors (Lipinski definition) is 0. The molecule has 0 atom stereocenters. The fraction of sp³-hybridized carbons (Fsp3) is 0.0588. The van der Waals surface area contributed by atoms with Gasteiger partial charge in [0.1, 0.15) is 17.6 Å². The predicted octanol–water partition coefficient (Wildman–Crippen LogP) is 7.36. The number of methoxy groups -OCH3 is 1. The summed E-state index contributed by atoms with van der Waals surface area (Å²) in [7, 11) is 1.67. The Kier molecular flexibility index (Phi) is 6.06. The normalized spacial score (nSPS) is 11.4. The summed E-state index contributed by atoms with van der Waals surface area (Å²) in [5.41, 5.74) is 7.05. The molecule has 0 amide bonds. The van der Waals surface area contributed by atoms with Gasteiger partial charge in [0.25, 0.3) is 0 Å². The number of nitrogens with zero attached hydrogens (tertiary/aromatic N) is 2. The monoisotopic (exact) mass is 494 g/mol. The Morgan fingerprint density at radius 3 is 1.71 bits per heavy atom. The van der Waals surface area contributed by atoms with E-state index in [1.807, 2.05) is 54.9 Å². The van der Waals surface area contributed by atoms with Crippen LogP contribution in [-0.2, 0) is 5.54 Å². The van der Waals surface area contributed by atoms with E-state index >= 15 is 0 Å². The van der Waals surface area contributed by atoms with Gasteiger partial charge in [0, 0.05) is 17.2 Å². The van der Waals surface area contributed by atoms with Crippen LogP contribution < -0.4 is 4.74 Å². The molecule has 0 spiro atoms. The summed E-state index contributed by atoms with van der Waals surface area (Å²) in [6.45, 7) is 0. The zero-order valence-electron chi connectivity index (χ0n) is 21.0. The highest BCUT2D eigenvalue weighted by Gasteiger charge is 2.39. The van der Waals surface area contributed by atoms with Gasteiger partial charge in [0.2, 0.25) is 0 Å². The van der Waals surface area contributed by atoms with Gasteiger partial charge in [-0.05, 0) is 28.3 Å². The quantitative estimate of drug-likeness (QED) is 0.172. The predicted molar refractivity (Wildman–Crippen MR) is 152 cm³/mol. The van der Waals surface area contributed by atoms with Crippen LogP contribution in [0.2, 0.25) is 0 Å². The summed E-state index contributed by atoms with van der Waals surface area (Å²) in [4.78, 5) is 16.1. The van der Waals surface area contributed by atoms with Crippen LogP contribution in [0.3, 0.4) is 0 Å². The molecule has 38 heavy (non-hydrogen) atoms. The summed E-state index contributed by atoms with van der Waals surface area (Å²) in [6, 6.07) is 43.3. The fourth-order valence-electron chi connectivity index (χ4n) is 5.39. The van der Waals surface area contributed by atoms with Crippen molar-refractivity contribution in [3.8, 4) is 16.9 Å². The number of carbonyl (C=O) groups excluding carboxylic acids is 1. The number of ether oxygens (including phenoxy) is 1. The molecule has 0 aliphatic rings. The molecule has 184 valence electrons. The molecule has 0 N–H and O–H groups in total. The molecule has 0 aliphatic carbocycles. The Morgan fingerprint density at radius 2 is 1.24 bits per heavy atom. The summed E-state index contributed by atoms with van der Waals surface area (Å²) in [6.07, 6.45) is 2.78. The van der Waals surface area contributed by atoms with E-state index in [1.165, 1.54) is 0 Å². The van der Waals surface area contributed by atoms with Crippen LogP contribution in [0.5, 0.6) is 5.75 Å². The number of fused-ring (bicyclic) bond motifs is 1. The summed E-state index contributed by atoms with van der Waals surface area (Å²) < 4.78 is 8.06. The average molecular weight is 495 g/mol. The summed E-state index contributed by atoms with van der Waals surface area (Å²) in [5, 5.41) is 0. The van der Waals surface area contributed by atoms with Crippen LogP contribution in [0, 0.1) is 0 Å². The molecule has 4 heteroatoms. The van der Waals surface area contributed by atoms with Gasteiger partial charge in [-0.1, -0.05) is 115 Å². The lowest BCUT2D eigenvalue weighted by molar-refractivity contribution is 0.112. The van der Waals surface area contributed by atoms with Gasteiger partial charge in [-0.3, -0.25) is 4.79 Å².